The topological polar surface area (TPSA) is 32.3 Å². The Morgan fingerprint density at radius 1 is 1.45 bits per heavy atom. The minimum absolute atomic E-state index is 0.458. The van der Waals surface area contributed by atoms with Crippen LogP contribution in [0.3, 0.4) is 0 Å². The third-order valence-corrected chi connectivity index (χ3v) is 1.09. The van der Waals surface area contributed by atoms with Crippen molar-refractivity contribution in [2.24, 2.45) is 0 Å². The van der Waals surface area contributed by atoms with Crippen molar-refractivity contribution in [1.29, 1.82) is 0 Å². The van der Waals surface area contributed by atoms with E-state index >= 15 is 0 Å². The predicted molar refractivity (Wildman–Crippen MR) is 48.4 cm³/mol. The quantitative estimate of drug-likeness (QED) is 0.541. The third kappa shape index (κ3) is 4.53. The molecule has 1 aliphatic rings. The molecule has 0 radical (unpaired) electrons. The van der Waals surface area contributed by atoms with Crippen LogP contribution in [0.1, 0.15) is 0 Å². The zero-order valence-corrected chi connectivity index (χ0v) is 7.04. The van der Waals surface area contributed by atoms with Crippen LogP contribution in [0.5, 0.6) is 0 Å². The standard InChI is InChI=1S/C7H8O.C2H7N/c1-6-4-2-3-5-7(6)8;1-3-2/h2-5,7-8H,1H2;3H,1-2H3. The molecule has 0 spiro atoms. The highest BCUT2D eigenvalue weighted by Crippen LogP contribution is 2.07. The van der Waals surface area contributed by atoms with Crippen LogP contribution >= 0.6 is 0 Å². The summed E-state index contributed by atoms with van der Waals surface area (Å²) in [6.07, 6.45) is 6.70. The second-order valence-electron chi connectivity index (χ2n) is 2.26. The highest BCUT2D eigenvalue weighted by molar-refractivity contribution is 5.31. The lowest BCUT2D eigenvalue weighted by molar-refractivity contribution is 0.262. The van der Waals surface area contributed by atoms with Crippen molar-refractivity contribution in [2.45, 2.75) is 6.10 Å². The van der Waals surface area contributed by atoms with Gasteiger partial charge in [-0.15, -0.1) is 0 Å². The van der Waals surface area contributed by atoms with E-state index in [0.717, 1.165) is 5.57 Å². The summed E-state index contributed by atoms with van der Waals surface area (Å²) in [6.45, 7) is 3.61. The molecule has 2 heteroatoms. The average Bonchev–Trinajstić information content (AvgIpc) is 1.97. The molecular formula is C9H15NO. The Bertz CT molecular complexity index is 170. The number of aliphatic hydroxyl groups is 1. The first kappa shape index (κ1) is 10.1. The van der Waals surface area contributed by atoms with Crippen molar-refractivity contribution < 1.29 is 5.11 Å². The van der Waals surface area contributed by atoms with Gasteiger partial charge in [0.05, 0.1) is 6.10 Å². The molecule has 0 aromatic rings. The highest BCUT2D eigenvalue weighted by atomic mass is 16.3. The van der Waals surface area contributed by atoms with E-state index in [1.807, 2.05) is 20.2 Å². The molecule has 1 aliphatic carbocycles. The van der Waals surface area contributed by atoms with Crippen LogP contribution in [0.25, 0.3) is 0 Å². The summed E-state index contributed by atoms with van der Waals surface area (Å²) >= 11 is 0. The molecular weight excluding hydrogens is 138 g/mol. The van der Waals surface area contributed by atoms with Gasteiger partial charge in [-0.2, -0.15) is 0 Å². The summed E-state index contributed by atoms with van der Waals surface area (Å²) in [4.78, 5) is 0. The van der Waals surface area contributed by atoms with E-state index in [4.69, 9.17) is 5.11 Å². The SMILES string of the molecule is C=C1C=CC=CC1O.CNC. The van der Waals surface area contributed by atoms with E-state index in [9.17, 15) is 0 Å². The lowest BCUT2D eigenvalue weighted by Gasteiger charge is -2.06. The molecule has 0 heterocycles. The lowest BCUT2D eigenvalue weighted by atomic mass is 10.1. The molecule has 0 aliphatic heterocycles. The van der Waals surface area contributed by atoms with Crippen LogP contribution in [0.15, 0.2) is 36.5 Å². The zero-order chi connectivity index (χ0) is 8.69. The highest BCUT2D eigenvalue weighted by Gasteiger charge is 2.01. The van der Waals surface area contributed by atoms with E-state index in [2.05, 4.69) is 11.9 Å². The van der Waals surface area contributed by atoms with Gasteiger partial charge in [0.25, 0.3) is 0 Å². The smallest absolute Gasteiger partial charge is 0.0969 e. The van der Waals surface area contributed by atoms with Gasteiger partial charge in [-0.25, -0.2) is 0 Å². The molecule has 1 atom stereocenters. The van der Waals surface area contributed by atoms with E-state index in [0.29, 0.717) is 0 Å². The Hall–Kier alpha value is -0.860. The number of hydrogen-bond donors (Lipinski definition) is 2. The van der Waals surface area contributed by atoms with Crippen molar-refractivity contribution in [3.63, 3.8) is 0 Å². The molecule has 0 fully saturated rings. The van der Waals surface area contributed by atoms with E-state index in [1.54, 1.807) is 18.2 Å². The maximum absolute atomic E-state index is 8.94. The van der Waals surface area contributed by atoms with E-state index in [1.165, 1.54) is 0 Å². The molecule has 0 saturated heterocycles. The second-order valence-corrected chi connectivity index (χ2v) is 2.26. The van der Waals surface area contributed by atoms with Crippen LogP contribution in [0, 0.1) is 0 Å². The predicted octanol–water partition coefficient (Wildman–Crippen LogP) is 0.865. The van der Waals surface area contributed by atoms with Gasteiger partial charge < -0.3 is 10.4 Å². The molecule has 0 amide bonds. The molecule has 0 aromatic carbocycles. The fourth-order valence-corrected chi connectivity index (χ4v) is 0.571. The number of allylic oxidation sites excluding steroid dienone is 2. The minimum atomic E-state index is -0.458. The summed E-state index contributed by atoms with van der Waals surface area (Å²) < 4.78 is 0. The van der Waals surface area contributed by atoms with Crippen LogP contribution < -0.4 is 5.32 Å². The normalized spacial score (nSPS) is 21.0. The van der Waals surface area contributed by atoms with Gasteiger partial charge in [-0.1, -0.05) is 30.9 Å². The first-order chi connectivity index (χ1) is 5.22. The molecule has 1 rings (SSSR count). The number of hydrogen-bond acceptors (Lipinski definition) is 2. The Morgan fingerprint density at radius 3 is 2.27 bits per heavy atom. The molecule has 0 saturated carbocycles. The van der Waals surface area contributed by atoms with Crippen molar-refractivity contribution >= 4 is 0 Å². The number of aliphatic hydroxyl groups excluding tert-OH is 1. The summed E-state index contributed by atoms with van der Waals surface area (Å²) in [7, 11) is 3.75. The maximum atomic E-state index is 8.94. The van der Waals surface area contributed by atoms with E-state index in [-0.39, 0.29) is 0 Å². The maximum Gasteiger partial charge on any atom is 0.0969 e. The summed E-state index contributed by atoms with van der Waals surface area (Å²) in [6, 6.07) is 0. The van der Waals surface area contributed by atoms with Gasteiger partial charge in [0.15, 0.2) is 0 Å². The number of nitrogens with one attached hydrogen (secondary N) is 1. The van der Waals surface area contributed by atoms with Crippen molar-refractivity contribution in [3.8, 4) is 0 Å². The largest absolute Gasteiger partial charge is 0.384 e. The third-order valence-electron chi connectivity index (χ3n) is 1.09. The van der Waals surface area contributed by atoms with Gasteiger partial charge in [0, 0.05) is 0 Å². The molecule has 2 nitrogen and oxygen atoms in total. The second kappa shape index (κ2) is 5.89. The van der Waals surface area contributed by atoms with Crippen LogP contribution in [-0.2, 0) is 0 Å². The minimum Gasteiger partial charge on any atom is -0.384 e. The Morgan fingerprint density at radius 2 is 2.00 bits per heavy atom. The van der Waals surface area contributed by atoms with E-state index < -0.39 is 6.10 Å². The number of rotatable bonds is 0. The Labute approximate surface area is 67.9 Å². The summed E-state index contributed by atoms with van der Waals surface area (Å²) in [5.74, 6) is 0. The monoisotopic (exact) mass is 153 g/mol. The summed E-state index contributed by atoms with van der Waals surface area (Å²) in [5.41, 5.74) is 0.757. The fraction of sp³-hybridized carbons (Fsp3) is 0.333. The Balaban J connectivity index is 0.000000292. The Kier molecular flexibility index (Phi) is 5.43. The summed E-state index contributed by atoms with van der Waals surface area (Å²) in [5, 5.41) is 11.7. The van der Waals surface area contributed by atoms with Crippen LogP contribution in [0.2, 0.25) is 0 Å². The van der Waals surface area contributed by atoms with Crippen molar-refractivity contribution in [1.82, 2.24) is 5.32 Å². The van der Waals surface area contributed by atoms with Gasteiger partial charge in [0.2, 0.25) is 0 Å². The van der Waals surface area contributed by atoms with Gasteiger partial charge in [-0.3, -0.25) is 0 Å². The van der Waals surface area contributed by atoms with Gasteiger partial charge in [-0.05, 0) is 19.7 Å². The van der Waals surface area contributed by atoms with Crippen molar-refractivity contribution in [3.05, 3.63) is 36.5 Å². The van der Waals surface area contributed by atoms with Crippen LogP contribution in [-0.4, -0.2) is 25.3 Å². The lowest BCUT2D eigenvalue weighted by Crippen LogP contribution is -2.04. The van der Waals surface area contributed by atoms with Gasteiger partial charge >= 0.3 is 0 Å². The molecule has 62 valence electrons. The van der Waals surface area contributed by atoms with Gasteiger partial charge in [0.1, 0.15) is 0 Å². The molecule has 0 aromatic heterocycles. The molecule has 2 N–H and O–H groups in total. The fourth-order valence-electron chi connectivity index (χ4n) is 0.571. The molecule has 0 bridgehead atoms. The molecule has 11 heavy (non-hydrogen) atoms. The first-order valence-electron chi connectivity index (χ1n) is 3.52. The average molecular weight is 153 g/mol. The molecule has 1 unspecified atom stereocenters. The zero-order valence-electron chi connectivity index (χ0n) is 7.04. The van der Waals surface area contributed by atoms with Crippen molar-refractivity contribution in [2.75, 3.05) is 14.1 Å². The first-order valence-corrected chi connectivity index (χ1v) is 3.52. The van der Waals surface area contributed by atoms with Crippen LogP contribution in [0.4, 0.5) is 0 Å².